The fraction of sp³-hybridized carbons (Fsp3) is 0.439. The molecule has 5 aliphatic rings. The first kappa shape index (κ1) is 39.0. The minimum absolute atomic E-state index is 0.0671. The molecule has 1 spiro atoms. The zero-order chi connectivity index (χ0) is 41.6. The van der Waals surface area contributed by atoms with Gasteiger partial charge in [0.1, 0.15) is 17.4 Å². The van der Waals surface area contributed by atoms with Gasteiger partial charge in [0, 0.05) is 68.5 Å². The molecule has 0 radical (unpaired) electrons. The first-order chi connectivity index (χ1) is 27.9. The van der Waals surface area contributed by atoms with Crippen LogP contribution in [0.1, 0.15) is 82.0 Å². The highest BCUT2D eigenvalue weighted by atomic mass is 32.1. The van der Waals surface area contributed by atoms with Crippen molar-refractivity contribution in [1.29, 1.82) is 0 Å². The van der Waals surface area contributed by atoms with Crippen LogP contribution in [0, 0.1) is 17.3 Å². The van der Waals surface area contributed by atoms with E-state index in [1.165, 1.54) is 17.4 Å². The molecule has 1 saturated carbocycles. The van der Waals surface area contributed by atoms with E-state index >= 15 is 0 Å². The van der Waals surface area contributed by atoms with E-state index in [1.54, 1.807) is 44.2 Å². The third-order valence-electron chi connectivity index (χ3n) is 12.1. The van der Waals surface area contributed by atoms with Crippen LogP contribution >= 0.6 is 11.3 Å². The van der Waals surface area contributed by atoms with Crippen molar-refractivity contribution < 1.29 is 42.3 Å². The summed E-state index contributed by atoms with van der Waals surface area (Å²) in [7, 11) is 0. The molecule has 18 heteroatoms. The summed E-state index contributed by atoms with van der Waals surface area (Å²) in [5, 5.41) is 20.0. The summed E-state index contributed by atoms with van der Waals surface area (Å²) >= 11 is 1.45. The Morgan fingerprint density at radius 3 is 2.44 bits per heavy atom. The van der Waals surface area contributed by atoms with E-state index in [2.05, 4.69) is 30.7 Å². The molecular weight excluding hydrogens is 790 g/mol. The number of alkyl halides is 3. The molecule has 308 valence electrons. The van der Waals surface area contributed by atoms with Crippen LogP contribution in [0.25, 0.3) is 10.2 Å². The number of anilines is 3. The molecule has 2 aromatic carbocycles. The van der Waals surface area contributed by atoms with Crippen molar-refractivity contribution in [3.05, 3.63) is 76.6 Å². The van der Waals surface area contributed by atoms with Gasteiger partial charge in [0.25, 0.3) is 17.7 Å². The maximum atomic E-state index is 13.4. The summed E-state index contributed by atoms with van der Waals surface area (Å²) in [5.41, 5.74) is -0.277. The number of carbonyl (C=O) groups excluding carboxylic acids is 5. The van der Waals surface area contributed by atoms with Gasteiger partial charge in [-0.15, -0.1) is 0 Å². The Kier molecular flexibility index (Phi) is 9.32. The van der Waals surface area contributed by atoms with E-state index in [0.29, 0.717) is 40.6 Å². The van der Waals surface area contributed by atoms with Gasteiger partial charge in [-0.05, 0) is 80.8 Å². The highest BCUT2D eigenvalue weighted by Crippen LogP contribution is 2.52. The number of carbonyl (C=O) groups is 5. The molecule has 1 unspecified atom stereocenters. The van der Waals surface area contributed by atoms with Crippen molar-refractivity contribution in [2.24, 2.45) is 17.3 Å². The van der Waals surface area contributed by atoms with Crippen LogP contribution < -0.4 is 20.9 Å². The smallest absolute Gasteiger partial charge is 0.386 e. The predicted octanol–water partition coefficient (Wildman–Crippen LogP) is 4.85. The Balaban J connectivity index is 0.759. The molecule has 4 aromatic rings. The number of fused-ring (bicyclic) bond motifs is 2. The Hall–Kier alpha value is -5.46. The normalized spacial score (nSPS) is 21.0. The minimum Gasteiger partial charge on any atom is -0.386 e. The number of aromatic nitrogens is 2. The summed E-state index contributed by atoms with van der Waals surface area (Å²) in [6.07, 6.45) is -2.40. The van der Waals surface area contributed by atoms with Crippen molar-refractivity contribution in [1.82, 2.24) is 25.1 Å². The average molecular weight is 831 g/mol. The van der Waals surface area contributed by atoms with E-state index in [0.717, 1.165) is 72.4 Å². The number of hydrogen-bond acceptors (Lipinski definition) is 12. The van der Waals surface area contributed by atoms with Gasteiger partial charge in [-0.25, -0.2) is 9.97 Å². The number of nitrogens with zero attached hydrogens (tertiary/aromatic N) is 5. The lowest BCUT2D eigenvalue weighted by Crippen LogP contribution is -2.65. The van der Waals surface area contributed by atoms with Crippen molar-refractivity contribution >= 4 is 67.6 Å². The number of pyridine rings is 1. The summed E-state index contributed by atoms with van der Waals surface area (Å²) in [6.45, 7) is 8.49. The van der Waals surface area contributed by atoms with Gasteiger partial charge in [0.2, 0.25) is 11.8 Å². The van der Waals surface area contributed by atoms with Crippen LogP contribution in [0.5, 0.6) is 0 Å². The Morgan fingerprint density at radius 2 is 1.73 bits per heavy atom. The van der Waals surface area contributed by atoms with E-state index in [1.807, 2.05) is 0 Å². The molecule has 0 bridgehead atoms. The number of nitrogens with one attached hydrogen (secondary N) is 3. The number of likely N-dealkylation sites (tertiary alicyclic amines) is 1. The molecule has 6 heterocycles. The molecule has 59 heavy (non-hydrogen) atoms. The molecule has 1 atom stereocenters. The maximum absolute atomic E-state index is 13.4. The van der Waals surface area contributed by atoms with Crippen LogP contribution in [0.3, 0.4) is 0 Å². The monoisotopic (exact) mass is 830 g/mol. The Bertz CT molecular complexity index is 2430. The van der Waals surface area contributed by atoms with Crippen molar-refractivity contribution in [2.75, 3.05) is 54.8 Å². The highest BCUT2D eigenvalue weighted by Gasteiger charge is 2.53. The van der Waals surface area contributed by atoms with Gasteiger partial charge in [-0.1, -0.05) is 23.5 Å². The first-order valence-corrected chi connectivity index (χ1v) is 20.4. The molecule has 1 aliphatic carbocycles. The Labute approximate surface area is 340 Å². The lowest BCUT2D eigenvalue weighted by atomic mass is 9.57. The van der Waals surface area contributed by atoms with Gasteiger partial charge in [-0.2, -0.15) is 13.2 Å². The number of rotatable bonds is 10. The lowest BCUT2D eigenvalue weighted by Gasteiger charge is -2.60. The SMILES string of the molecule is CC(C)(O)c1cc2nc(N3CC(CN4CC5(CC(CNc6cccc7c6C(=O)N(C6CCC(=O)NC6=O)C7=O)C5)C4)C3)sc2cc1NC(=O)c1cccc(C(F)(F)F)n1. The summed E-state index contributed by atoms with van der Waals surface area (Å²) in [4.78, 5) is 77.7. The van der Waals surface area contributed by atoms with Crippen LogP contribution in [-0.2, 0) is 21.4 Å². The predicted molar refractivity (Wildman–Crippen MR) is 211 cm³/mol. The second kappa shape index (κ2) is 14.1. The largest absolute Gasteiger partial charge is 0.433 e. The second-order valence-electron chi connectivity index (χ2n) is 17.1. The summed E-state index contributed by atoms with van der Waals surface area (Å²) in [6, 6.07) is 10.6. The molecular formula is C41H41F3N8O6S. The second-order valence-corrected chi connectivity index (χ2v) is 18.1. The van der Waals surface area contributed by atoms with Crippen molar-refractivity contribution in [3.63, 3.8) is 0 Å². The minimum atomic E-state index is -4.70. The number of amides is 5. The fourth-order valence-electron chi connectivity index (χ4n) is 9.33. The number of imide groups is 2. The number of piperidine rings is 1. The summed E-state index contributed by atoms with van der Waals surface area (Å²) < 4.78 is 40.4. The molecule has 5 amide bonds. The fourth-order valence-corrected chi connectivity index (χ4v) is 10.3. The van der Waals surface area contributed by atoms with Crippen molar-refractivity contribution in [2.45, 2.75) is 57.3 Å². The van der Waals surface area contributed by atoms with Crippen LogP contribution in [0.2, 0.25) is 0 Å². The molecule has 4 aliphatic heterocycles. The number of aliphatic hydroxyl groups is 1. The van der Waals surface area contributed by atoms with E-state index in [9.17, 15) is 42.3 Å². The molecule has 4 N–H and O–H groups in total. The number of halogens is 3. The quantitative estimate of drug-likeness (QED) is 0.161. The van der Waals surface area contributed by atoms with Gasteiger partial charge < -0.3 is 25.5 Å². The van der Waals surface area contributed by atoms with Gasteiger partial charge >= 0.3 is 6.18 Å². The maximum Gasteiger partial charge on any atom is 0.433 e. The van der Waals surface area contributed by atoms with E-state index in [-0.39, 0.29) is 29.7 Å². The number of thiazole rings is 1. The molecule has 9 rings (SSSR count). The first-order valence-electron chi connectivity index (χ1n) is 19.5. The lowest BCUT2D eigenvalue weighted by molar-refractivity contribution is -0.141. The summed E-state index contributed by atoms with van der Waals surface area (Å²) in [5.74, 6) is -2.02. The molecule has 3 saturated heterocycles. The third-order valence-corrected chi connectivity index (χ3v) is 13.1. The van der Waals surface area contributed by atoms with E-state index < -0.39 is 58.7 Å². The Morgan fingerprint density at radius 1 is 0.983 bits per heavy atom. The van der Waals surface area contributed by atoms with E-state index in [4.69, 9.17) is 4.98 Å². The van der Waals surface area contributed by atoms with Crippen LogP contribution in [0.4, 0.5) is 29.7 Å². The van der Waals surface area contributed by atoms with Crippen molar-refractivity contribution in [3.8, 4) is 0 Å². The molecule has 14 nitrogen and oxygen atoms in total. The zero-order valence-corrected chi connectivity index (χ0v) is 33.0. The number of hydrogen-bond donors (Lipinski definition) is 4. The van der Waals surface area contributed by atoms with Gasteiger partial charge in [0.05, 0.1) is 26.9 Å². The topological polar surface area (TPSA) is 177 Å². The number of benzene rings is 2. The molecule has 4 fully saturated rings. The van der Waals surface area contributed by atoms with Crippen LogP contribution in [-0.4, -0.2) is 99.7 Å². The van der Waals surface area contributed by atoms with Gasteiger partial charge in [0.15, 0.2) is 5.13 Å². The molecule has 2 aromatic heterocycles. The average Bonchev–Trinajstić information content (AvgIpc) is 3.65. The van der Waals surface area contributed by atoms with Gasteiger partial charge in [-0.3, -0.25) is 34.2 Å². The highest BCUT2D eigenvalue weighted by molar-refractivity contribution is 7.22. The van der Waals surface area contributed by atoms with Crippen LogP contribution in [0.15, 0.2) is 48.5 Å². The third kappa shape index (κ3) is 7.20. The standard InChI is InChI=1S/C41H41F3N8O6S/c1-39(2,58)24-11-28-30(12-27(24)47-34(54)26-7-4-8-31(46-26)41(42,43)44)59-38(48-28)51-17-22(18-51)16-50-19-40(20-50)13-21(14-40)15-45-25-6-3-5-23-33(25)37(57)52(36(23)56)29-9-10-32(53)49-35(29)55/h3-8,11-12,21-22,29,45,58H,9-10,13-20H2,1-2H3,(H,47,54)(H,49,53,55). The zero-order valence-electron chi connectivity index (χ0n) is 32.2.